The molecule has 0 amide bonds. The molecule has 0 radical (unpaired) electrons. The van der Waals surface area contributed by atoms with Gasteiger partial charge in [0.2, 0.25) is 0 Å². The van der Waals surface area contributed by atoms with Crippen molar-refractivity contribution in [3.8, 4) is 0 Å². The molecule has 0 N–H and O–H groups in total. The van der Waals surface area contributed by atoms with E-state index in [-0.39, 0.29) is 5.41 Å². The molecule has 1 atom stereocenters. The molecule has 2 nitrogen and oxygen atoms in total. The Hall–Kier alpha value is -0.800. The van der Waals surface area contributed by atoms with Crippen molar-refractivity contribution in [1.82, 2.24) is 0 Å². The van der Waals surface area contributed by atoms with Crippen LogP contribution < -0.4 is 0 Å². The highest BCUT2D eigenvalue weighted by Crippen LogP contribution is 2.28. The van der Waals surface area contributed by atoms with Crippen LogP contribution in [-0.4, -0.2) is 10.8 Å². The maximum Gasteiger partial charge on any atom is 0.189 e. The first kappa shape index (κ1) is 14.3. The number of rotatable bonds is 4. The Labute approximate surface area is 107 Å². The van der Waals surface area contributed by atoms with Crippen molar-refractivity contribution >= 4 is 11.1 Å². The summed E-state index contributed by atoms with van der Waals surface area (Å²) in [6.07, 6.45) is 0. The van der Waals surface area contributed by atoms with Gasteiger partial charge in [0.15, 0.2) is 11.1 Å². The van der Waals surface area contributed by atoms with Crippen molar-refractivity contribution in [1.29, 1.82) is 0 Å². The average molecular weight is 253 g/mol. The standard InChI is InChI=1S/C14H21O2S/c1-7-16-17(15)13-10(2)8-12(9-11(13)3)14(4,5)6/h8-9H,4,7H2,1-3,5-6H3/q+1. The van der Waals surface area contributed by atoms with Gasteiger partial charge in [0.05, 0.1) is 18.4 Å². The fraction of sp³-hybridized carbons (Fsp3) is 0.500. The lowest BCUT2D eigenvalue weighted by atomic mass is 9.85. The molecule has 1 aromatic carbocycles. The third kappa shape index (κ3) is 3.33. The van der Waals surface area contributed by atoms with Crippen LogP contribution in [0.5, 0.6) is 0 Å². The maximum atomic E-state index is 11.9. The second kappa shape index (κ2) is 5.23. The Morgan fingerprint density at radius 1 is 1.29 bits per heavy atom. The molecule has 0 saturated carbocycles. The SMILES string of the molecule is [CH2+]C(C)(C)c1cc(C)c(S(=O)OCC)c(C)c1. The minimum atomic E-state index is -1.36. The zero-order chi connectivity index (χ0) is 13.2. The number of benzene rings is 1. The van der Waals surface area contributed by atoms with E-state index in [9.17, 15) is 4.21 Å². The summed E-state index contributed by atoms with van der Waals surface area (Å²) in [6.45, 7) is 14.5. The molecule has 0 bridgehead atoms. The third-order valence-electron chi connectivity index (χ3n) is 2.63. The maximum absolute atomic E-state index is 11.9. The van der Waals surface area contributed by atoms with Gasteiger partial charge in [-0.05, 0) is 57.9 Å². The second-order valence-corrected chi connectivity index (χ2v) is 6.08. The Balaban J connectivity index is 3.25. The molecule has 0 aliphatic heterocycles. The lowest BCUT2D eigenvalue weighted by Gasteiger charge is -2.16. The summed E-state index contributed by atoms with van der Waals surface area (Å²) in [5, 5.41) is 0. The fourth-order valence-corrected chi connectivity index (χ4v) is 2.75. The average Bonchev–Trinajstić information content (AvgIpc) is 2.15. The summed E-state index contributed by atoms with van der Waals surface area (Å²) in [7, 11) is 0. The van der Waals surface area contributed by atoms with Crippen LogP contribution in [0, 0.1) is 20.8 Å². The molecule has 1 rings (SSSR count). The van der Waals surface area contributed by atoms with Gasteiger partial charge in [-0.1, -0.05) is 0 Å². The molecule has 1 unspecified atom stereocenters. The monoisotopic (exact) mass is 253 g/mol. The molecule has 0 spiro atoms. The summed E-state index contributed by atoms with van der Waals surface area (Å²) in [4.78, 5) is 0.792. The van der Waals surface area contributed by atoms with Gasteiger partial charge in [-0.3, -0.25) is 4.18 Å². The van der Waals surface area contributed by atoms with Gasteiger partial charge in [0, 0.05) is 5.56 Å². The summed E-state index contributed by atoms with van der Waals surface area (Å²) in [5.41, 5.74) is 3.03. The second-order valence-electron chi connectivity index (χ2n) is 4.96. The van der Waals surface area contributed by atoms with Gasteiger partial charge < -0.3 is 0 Å². The highest BCUT2D eigenvalue weighted by atomic mass is 32.2. The highest BCUT2D eigenvalue weighted by molar-refractivity contribution is 7.80. The number of aryl methyl sites for hydroxylation is 2. The van der Waals surface area contributed by atoms with E-state index >= 15 is 0 Å². The van der Waals surface area contributed by atoms with Crippen LogP contribution in [0.25, 0.3) is 0 Å². The van der Waals surface area contributed by atoms with Crippen molar-refractivity contribution in [3.63, 3.8) is 0 Å². The summed E-state index contributed by atoms with van der Waals surface area (Å²) in [6, 6.07) is 4.10. The summed E-state index contributed by atoms with van der Waals surface area (Å²) < 4.78 is 17.1. The van der Waals surface area contributed by atoms with E-state index in [4.69, 9.17) is 4.18 Å². The predicted molar refractivity (Wildman–Crippen MR) is 72.3 cm³/mol. The van der Waals surface area contributed by atoms with E-state index in [1.165, 1.54) is 0 Å². The molecule has 0 saturated heterocycles. The Morgan fingerprint density at radius 3 is 2.12 bits per heavy atom. The predicted octanol–water partition coefficient (Wildman–Crippen LogP) is 3.47. The summed E-state index contributed by atoms with van der Waals surface area (Å²) in [5.74, 6) is 0. The largest absolute Gasteiger partial charge is 0.287 e. The van der Waals surface area contributed by atoms with Crippen LogP contribution in [0.1, 0.15) is 37.5 Å². The molecule has 0 fully saturated rings. The van der Waals surface area contributed by atoms with E-state index in [0.717, 1.165) is 21.6 Å². The van der Waals surface area contributed by atoms with Crippen molar-refractivity contribution in [3.05, 3.63) is 35.7 Å². The van der Waals surface area contributed by atoms with Gasteiger partial charge in [0.25, 0.3) is 0 Å². The molecule has 3 heteroatoms. The quantitative estimate of drug-likeness (QED) is 0.768. The molecule has 94 valence electrons. The highest BCUT2D eigenvalue weighted by Gasteiger charge is 2.24. The fourth-order valence-electron chi connectivity index (χ4n) is 1.77. The van der Waals surface area contributed by atoms with Gasteiger partial charge in [-0.15, -0.1) is 0 Å². The van der Waals surface area contributed by atoms with Crippen LogP contribution in [0.2, 0.25) is 0 Å². The topological polar surface area (TPSA) is 26.3 Å². The minimum Gasteiger partial charge on any atom is -0.287 e. The first-order valence-corrected chi connectivity index (χ1v) is 6.87. The zero-order valence-electron chi connectivity index (χ0n) is 11.3. The van der Waals surface area contributed by atoms with E-state index in [1.807, 2.05) is 32.9 Å². The molecule has 1 aromatic rings. The van der Waals surface area contributed by atoms with Gasteiger partial charge in [-0.2, -0.15) is 0 Å². The van der Waals surface area contributed by atoms with Crippen LogP contribution >= 0.6 is 0 Å². The first-order chi connectivity index (χ1) is 7.77. The summed E-state index contributed by atoms with van der Waals surface area (Å²) >= 11 is -1.36. The zero-order valence-corrected chi connectivity index (χ0v) is 12.1. The van der Waals surface area contributed by atoms with E-state index < -0.39 is 11.1 Å². The molecular weight excluding hydrogens is 232 g/mol. The van der Waals surface area contributed by atoms with Crippen LogP contribution in [-0.2, 0) is 20.7 Å². The van der Waals surface area contributed by atoms with Crippen LogP contribution in [0.15, 0.2) is 17.0 Å². The smallest absolute Gasteiger partial charge is 0.189 e. The Kier molecular flexibility index (Phi) is 4.39. The van der Waals surface area contributed by atoms with Gasteiger partial charge in [0.1, 0.15) is 5.41 Å². The van der Waals surface area contributed by atoms with Gasteiger partial charge >= 0.3 is 0 Å². The van der Waals surface area contributed by atoms with E-state index in [2.05, 4.69) is 20.8 Å². The lowest BCUT2D eigenvalue weighted by Crippen LogP contribution is -2.13. The van der Waals surface area contributed by atoms with E-state index in [1.54, 1.807) is 0 Å². The lowest BCUT2D eigenvalue weighted by molar-refractivity contribution is 0.371. The molecule has 0 aromatic heterocycles. The molecule has 17 heavy (non-hydrogen) atoms. The van der Waals surface area contributed by atoms with Crippen LogP contribution in [0.3, 0.4) is 0 Å². The number of hydrogen-bond acceptors (Lipinski definition) is 2. The molecule has 0 heterocycles. The van der Waals surface area contributed by atoms with Crippen molar-refractivity contribution in [2.24, 2.45) is 0 Å². The van der Waals surface area contributed by atoms with E-state index in [0.29, 0.717) is 6.61 Å². The Bertz CT molecular complexity index is 407. The van der Waals surface area contributed by atoms with Crippen LogP contribution in [0.4, 0.5) is 0 Å². The van der Waals surface area contributed by atoms with Crippen molar-refractivity contribution < 1.29 is 8.39 Å². The first-order valence-electron chi connectivity index (χ1n) is 5.79. The van der Waals surface area contributed by atoms with Gasteiger partial charge in [-0.25, -0.2) is 4.21 Å². The molecular formula is C14H21O2S+. The van der Waals surface area contributed by atoms with Crippen molar-refractivity contribution in [2.45, 2.75) is 44.9 Å². The number of hydrogen-bond donors (Lipinski definition) is 0. The molecule has 0 aliphatic carbocycles. The Morgan fingerprint density at radius 2 is 1.76 bits per heavy atom. The molecule has 0 aliphatic rings. The normalized spacial score (nSPS) is 13.7. The minimum absolute atomic E-state index is 0.138. The van der Waals surface area contributed by atoms with Crippen molar-refractivity contribution in [2.75, 3.05) is 6.61 Å². The third-order valence-corrected chi connectivity index (χ3v) is 4.06.